The van der Waals surface area contributed by atoms with Gasteiger partial charge in [0.25, 0.3) is 0 Å². The van der Waals surface area contributed by atoms with Crippen molar-refractivity contribution in [1.29, 1.82) is 0 Å². The normalized spacial score (nSPS) is 10.3. The van der Waals surface area contributed by atoms with E-state index in [2.05, 4.69) is 5.16 Å². The molecular formula is C13H11NO4. The highest BCUT2D eigenvalue weighted by Crippen LogP contribution is 2.19. The van der Waals surface area contributed by atoms with Gasteiger partial charge in [0, 0.05) is 12.0 Å². The van der Waals surface area contributed by atoms with E-state index in [9.17, 15) is 9.59 Å². The van der Waals surface area contributed by atoms with Crippen LogP contribution in [-0.2, 0) is 6.42 Å². The molecule has 0 aliphatic heterocycles. The number of aromatic carboxylic acids is 1. The van der Waals surface area contributed by atoms with E-state index in [1.54, 1.807) is 37.3 Å². The molecule has 0 spiro atoms. The highest BCUT2D eigenvalue weighted by atomic mass is 16.5. The molecule has 5 heteroatoms. The van der Waals surface area contributed by atoms with Crippen LogP contribution in [0, 0.1) is 0 Å². The van der Waals surface area contributed by atoms with E-state index in [4.69, 9.17) is 9.63 Å². The van der Waals surface area contributed by atoms with E-state index in [0.717, 1.165) is 0 Å². The van der Waals surface area contributed by atoms with Crippen molar-refractivity contribution >= 4 is 11.8 Å². The molecule has 0 amide bonds. The van der Waals surface area contributed by atoms with Crippen LogP contribution < -0.4 is 0 Å². The van der Waals surface area contributed by atoms with Crippen molar-refractivity contribution in [3.8, 4) is 0 Å². The van der Waals surface area contributed by atoms with Gasteiger partial charge in [-0.05, 0) is 0 Å². The third kappa shape index (κ3) is 2.02. The second-order valence-corrected chi connectivity index (χ2v) is 3.68. The van der Waals surface area contributed by atoms with Crippen LogP contribution in [0.5, 0.6) is 0 Å². The molecule has 0 fully saturated rings. The number of carboxylic acid groups (broad SMARTS) is 1. The summed E-state index contributed by atoms with van der Waals surface area (Å²) in [4.78, 5) is 23.3. The fourth-order valence-corrected chi connectivity index (χ4v) is 1.68. The van der Waals surface area contributed by atoms with Gasteiger partial charge in [-0.3, -0.25) is 4.79 Å². The molecule has 92 valence electrons. The second-order valence-electron chi connectivity index (χ2n) is 3.68. The van der Waals surface area contributed by atoms with Crippen molar-refractivity contribution in [2.24, 2.45) is 0 Å². The number of hydrogen-bond donors (Lipinski definition) is 1. The Balaban J connectivity index is 2.53. The Morgan fingerprint density at radius 2 is 1.94 bits per heavy atom. The summed E-state index contributed by atoms with van der Waals surface area (Å²) >= 11 is 0. The first kappa shape index (κ1) is 12.0. The Morgan fingerprint density at radius 3 is 2.50 bits per heavy atom. The maximum atomic E-state index is 12.2. The standard InChI is InChI=1S/C13H11NO4/c1-2-9-10(11(13(16)17)14-18-9)12(15)8-6-4-3-5-7-8/h3-7H,2H2,1H3,(H,16,17). The average molecular weight is 245 g/mol. The lowest BCUT2D eigenvalue weighted by atomic mass is 10.0. The van der Waals surface area contributed by atoms with E-state index in [0.29, 0.717) is 17.7 Å². The SMILES string of the molecule is CCc1onc(C(=O)O)c1C(=O)c1ccccc1. The summed E-state index contributed by atoms with van der Waals surface area (Å²) in [6, 6.07) is 8.46. The van der Waals surface area contributed by atoms with Gasteiger partial charge in [-0.1, -0.05) is 42.4 Å². The number of benzene rings is 1. The number of nitrogens with zero attached hydrogens (tertiary/aromatic N) is 1. The van der Waals surface area contributed by atoms with Gasteiger partial charge in [0.05, 0.1) is 0 Å². The molecule has 0 bridgehead atoms. The molecule has 0 atom stereocenters. The average Bonchev–Trinajstić information content (AvgIpc) is 2.82. The van der Waals surface area contributed by atoms with Gasteiger partial charge < -0.3 is 9.63 Å². The molecule has 0 saturated heterocycles. The summed E-state index contributed by atoms with van der Waals surface area (Å²) in [7, 11) is 0. The molecule has 1 N–H and O–H groups in total. The Hall–Kier alpha value is -2.43. The van der Waals surface area contributed by atoms with Crippen molar-refractivity contribution in [2.45, 2.75) is 13.3 Å². The summed E-state index contributed by atoms with van der Waals surface area (Å²) in [5.74, 6) is -1.36. The number of hydrogen-bond acceptors (Lipinski definition) is 4. The highest BCUT2D eigenvalue weighted by Gasteiger charge is 2.26. The van der Waals surface area contributed by atoms with Crippen molar-refractivity contribution < 1.29 is 19.2 Å². The van der Waals surface area contributed by atoms with Gasteiger partial charge in [-0.15, -0.1) is 0 Å². The summed E-state index contributed by atoms with van der Waals surface area (Å²) in [6.45, 7) is 1.77. The van der Waals surface area contributed by atoms with Crippen LogP contribution in [0.1, 0.15) is 39.1 Å². The lowest BCUT2D eigenvalue weighted by molar-refractivity contribution is 0.0682. The van der Waals surface area contributed by atoms with Gasteiger partial charge in [-0.2, -0.15) is 0 Å². The molecule has 0 aliphatic carbocycles. The van der Waals surface area contributed by atoms with Crippen LogP contribution in [0.15, 0.2) is 34.9 Å². The highest BCUT2D eigenvalue weighted by molar-refractivity contribution is 6.14. The van der Waals surface area contributed by atoms with Gasteiger partial charge >= 0.3 is 5.97 Å². The van der Waals surface area contributed by atoms with E-state index < -0.39 is 5.97 Å². The molecule has 0 aliphatic rings. The summed E-state index contributed by atoms with van der Waals surface area (Å²) in [5.41, 5.74) is 0.120. The number of carboxylic acids is 1. The Kier molecular flexibility index (Phi) is 3.23. The topological polar surface area (TPSA) is 80.4 Å². The molecule has 0 radical (unpaired) electrons. The van der Waals surface area contributed by atoms with Crippen molar-refractivity contribution in [1.82, 2.24) is 5.16 Å². The van der Waals surface area contributed by atoms with E-state index >= 15 is 0 Å². The van der Waals surface area contributed by atoms with Crippen LogP contribution >= 0.6 is 0 Å². The molecule has 1 aromatic carbocycles. The molecule has 2 aromatic rings. The van der Waals surface area contributed by atoms with Crippen LogP contribution in [0.3, 0.4) is 0 Å². The Labute approximate surface area is 103 Å². The number of carbonyl (C=O) groups is 2. The van der Waals surface area contributed by atoms with E-state index in [1.807, 2.05) is 0 Å². The number of aryl methyl sites for hydroxylation is 1. The number of ketones is 1. The monoisotopic (exact) mass is 245 g/mol. The zero-order valence-corrected chi connectivity index (χ0v) is 9.71. The third-order valence-corrected chi connectivity index (χ3v) is 2.55. The van der Waals surface area contributed by atoms with Gasteiger partial charge in [0.2, 0.25) is 5.69 Å². The molecular weight excluding hydrogens is 234 g/mol. The van der Waals surface area contributed by atoms with E-state index in [-0.39, 0.29) is 17.0 Å². The first-order valence-electron chi connectivity index (χ1n) is 5.46. The molecule has 5 nitrogen and oxygen atoms in total. The summed E-state index contributed by atoms with van der Waals surface area (Å²) in [5, 5.41) is 12.4. The van der Waals surface area contributed by atoms with Crippen LogP contribution in [0.25, 0.3) is 0 Å². The van der Waals surface area contributed by atoms with Crippen molar-refractivity contribution in [2.75, 3.05) is 0 Å². The maximum absolute atomic E-state index is 12.2. The van der Waals surface area contributed by atoms with Crippen molar-refractivity contribution in [3.63, 3.8) is 0 Å². The van der Waals surface area contributed by atoms with Crippen LogP contribution in [0.2, 0.25) is 0 Å². The summed E-state index contributed by atoms with van der Waals surface area (Å²) in [6.07, 6.45) is 0.411. The smallest absolute Gasteiger partial charge is 0.358 e. The summed E-state index contributed by atoms with van der Waals surface area (Å²) < 4.78 is 4.90. The quantitative estimate of drug-likeness (QED) is 0.835. The van der Waals surface area contributed by atoms with Gasteiger partial charge in [0.15, 0.2) is 5.78 Å². The molecule has 1 aromatic heterocycles. The minimum absolute atomic E-state index is 0.0381. The zero-order chi connectivity index (χ0) is 13.1. The number of carbonyl (C=O) groups excluding carboxylic acids is 1. The third-order valence-electron chi connectivity index (χ3n) is 2.55. The molecule has 1 heterocycles. The number of aromatic nitrogens is 1. The van der Waals surface area contributed by atoms with Crippen LogP contribution in [-0.4, -0.2) is 22.0 Å². The minimum Gasteiger partial charge on any atom is -0.476 e. The largest absolute Gasteiger partial charge is 0.476 e. The van der Waals surface area contributed by atoms with E-state index in [1.165, 1.54) is 0 Å². The second kappa shape index (κ2) is 4.83. The molecule has 2 rings (SSSR count). The Bertz CT molecular complexity index is 586. The first-order valence-corrected chi connectivity index (χ1v) is 5.46. The fraction of sp³-hybridized carbons (Fsp3) is 0.154. The first-order chi connectivity index (χ1) is 8.65. The predicted molar refractivity (Wildman–Crippen MR) is 62.7 cm³/mol. The Morgan fingerprint density at radius 1 is 1.28 bits per heavy atom. The lowest BCUT2D eigenvalue weighted by Crippen LogP contribution is -2.10. The zero-order valence-electron chi connectivity index (χ0n) is 9.71. The predicted octanol–water partition coefficient (Wildman–Crippen LogP) is 2.17. The van der Waals surface area contributed by atoms with Crippen molar-refractivity contribution in [3.05, 3.63) is 52.9 Å². The number of rotatable bonds is 4. The molecule has 0 saturated carbocycles. The molecule has 0 unspecified atom stereocenters. The minimum atomic E-state index is -1.27. The van der Waals surface area contributed by atoms with Crippen LogP contribution in [0.4, 0.5) is 0 Å². The molecule has 18 heavy (non-hydrogen) atoms. The van der Waals surface area contributed by atoms with Gasteiger partial charge in [0.1, 0.15) is 11.3 Å². The maximum Gasteiger partial charge on any atom is 0.358 e. The lowest BCUT2D eigenvalue weighted by Gasteiger charge is -2.00. The fourth-order valence-electron chi connectivity index (χ4n) is 1.68. The van der Waals surface area contributed by atoms with Gasteiger partial charge in [-0.25, -0.2) is 4.79 Å².